The quantitative estimate of drug-likeness (QED) is 0.464. The fraction of sp³-hybridized carbons (Fsp3) is 0.370. The third-order valence-corrected chi connectivity index (χ3v) is 6.68. The van der Waals surface area contributed by atoms with Crippen molar-refractivity contribution < 1.29 is 24.2 Å². The molecule has 34 heavy (non-hydrogen) atoms. The van der Waals surface area contributed by atoms with Crippen LogP contribution in [0.1, 0.15) is 50.2 Å². The minimum atomic E-state index is -1.07. The van der Waals surface area contributed by atoms with Crippen LogP contribution in [0, 0.1) is 17.8 Å². The Bertz CT molecular complexity index is 1050. The molecule has 0 spiro atoms. The number of carboxylic acids is 1. The summed E-state index contributed by atoms with van der Waals surface area (Å²) in [5, 5.41) is 14.7. The Labute approximate surface area is 199 Å². The van der Waals surface area contributed by atoms with Gasteiger partial charge in [0, 0.05) is 18.9 Å². The van der Waals surface area contributed by atoms with Crippen LogP contribution in [0.4, 0.5) is 4.79 Å². The van der Waals surface area contributed by atoms with Crippen LogP contribution in [0.25, 0.3) is 11.1 Å². The molecule has 1 atom stereocenters. The molecule has 178 valence electrons. The number of alkyl carbamates (subject to hydrolysis) is 1. The zero-order valence-electron chi connectivity index (χ0n) is 19.5. The Kier molecular flexibility index (Phi) is 7.95. The largest absolute Gasteiger partial charge is 0.481 e. The maximum absolute atomic E-state index is 12.7. The molecule has 2 aromatic rings. The van der Waals surface area contributed by atoms with Crippen molar-refractivity contribution in [2.24, 2.45) is 5.41 Å². The van der Waals surface area contributed by atoms with E-state index < -0.39 is 29.4 Å². The molecule has 1 unspecified atom stereocenters. The van der Waals surface area contributed by atoms with E-state index in [1.165, 1.54) is 0 Å². The lowest BCUT2D eigenvalue weighted by molar-refractivity contribution is -0.149. The van der Waals surface area contributed by atoms with E-state index in [9.17, 15) is 19.5 Å². The normalized spacial score (nSPS) is 13.2. The molecule has 3 rings (SSSR count). The Morgan fingerprint density at radius 3 is 2.12 bits per heavy atom. The minimum absolute atomic E-state index is 0.0473. The van der Waals surface area contributed by atoms with Gasteiger partial charge in [-0.25, -0.2) is 4.79 Å². The van der Waals surface area contributed by atoms with Gasteiger partial charge >= 0.3 is 12.1 Å². The Morgan fingerprint density at radius 1 is 1.06 bits per heavy atom. The Hall–Kier alpha value is -3.79. The van der Waals surface area contributed by atoms with Gasteiger partial charge in [0.2, 0.25) is 5.91 Å². The van der Waals surface area contributed by atoms with E-state index in [0.29, 0.717) is 12.8 Å². The minimum Gasteiger partial charge on any atom is -0.481 e. The van der Waals surface area contributed by atoms with Crippen LogP contribution < -0.4 is 10.6 Å². The number of amides is 2. The summed E-state index contributed by atoms with van der Waals surface area (Å²) in [6.07, 6.45) is 5.30. The zero-order valence-corrected chi connectivity index (χ0v) is 19.5. The van der Waals surface area contributed by atoms with Crippen molar-refractivity contribution in [2.45, 2.75) is 45.1 Å². The second kappa shape index (κ2) is 10.9. The first kappa shape index (κ1) is 24.8. The fourth-order valence-corrected chi connectivity index (χ4v) is 4.37. The number of hydrogen-bond donors (Lipinski definition) is 3. The van der Waals surface area contributed by atoms with Gasteiger partial charge in [-0.05, 0) is 35.1 Å². The third kappa shape index (κ3) is 5.07. The van der Waals surface area contributed by atoms with Crippen molar-refractivity contribution in [3.05, 3.63) is 59.7 Å². The summed E-state index contributed by atoms with van der Waals surface area (Å²) in [7, 11) is 0. The second-order valence-electron chi connectivity index (χ2n) is 8.44. The molecule has 0 saturated carbocycles. The summed E-state index contributed by atoms with van der Waals surface area (Å²) in [5.41, 5.74) is 3.33. The first-order valence-corrected chi connectivity index (χ1v) is 11.4. The van der Waals surface area contributed by atoms with Crippen molar-refractivity contribution in [1.29, 1.82) is 0 Å². The van der Waals surface area contributed by atoms with Crippen LogP contribution in [-0.2, 0) is 14.3 Å². The van der Waals surface area contributed by atoms with Crippen LogP contribution in [-0.4, -0.2) is 42.3 Å². The highest BCUT2D eigenvalue weighted by atomic mass is 16.5. The number of rotatable bonds is 10. The topological polar surface area (TPSA) is 105 Å². The number of carboxylic acid groups (broad SMARTS) is 1. The maximum atomic E-state index is 12.7. The van der Waals surface area contributed by atoms with Crippen molar-refractivity contribution in [1.82, 2.24) is 10.6 Å². The molecule has 0 aliphatic heterocycles. The molecule has 1 aliphatic carbocycles. The smallest absolute Gasteiger partial charge is 0.407 e. The molecule has 1 aliphatic rings. The summed E-state index contributed by atoms with van der Waals surface area (Å²) in [6, 6.07) is 15.0. The van der Waals surface area contributed by atoms with E-state index in [2.05, 4.69) is 16.6 Å². The van der Waals surface area contributed by atoms with Crippen LogP contribution in [0.5, 0.6) is 0 Å². The predicted molar refractivity (Wildman–Crippen MR) is 129 cm³/mol. The molecular weight excluding hydrogens is 432 g/mol. The fourth-order valence-electron chi connectivity index (χ4n) is 4.37. The maximum Gasteiger partial charge on any atom is 0.407 e. The number of ether oxygens (including phenoxy) is 1. The van der Waals surface area contributed by atoms with Gasteiger partial charge in [-0.2, -0.15) is 0 Å². The van der Waals surface area contributed by atoms with Gasteiger partial charge in [0.25, 0.3) is 0 Å². The average molecular weight is 463 g/mol. The molecule has 3 N–H and O–H groups in total. The number of benzene rings is 2. The van der Waals surface area contributed by atoms with Gasteiger partial charge in [-0.1, -0.05) is 62.4 Å². The molecule has 7 nitrogen and oxygen atoms in total. The molecule has 0 fully saturated rings. The first-order valence-electron chi connectivity index (χ1n) is 11.4. The summed E-state index contributed by atoms with van der Waals surface area (Å²) >= 11 is 0. The lowest BCUT2D eigenvalue weighted by atomic mass is 9.82. The lowest BCUT2D eigenvalue weighted by Gasteiger charge is -2.28. The number of fused-ring (bicyclic) bond motifs is 3. The summed E-state index contributed by atoms with van der Waals surface area (Å²) in [4.78, 5) is 36.9. The van der Waals surface area contributed by atoms with Crippen molar-refractivity contribution >= 4 is 18.0 Å². The second-order valence-corrected chi connectivity index (χ2v) is 8.44. The van der Waals surface area contributed by atoms with E-state index in [4.69, 9.17) is 11.2 Å². The van der Waals surface area contributed by atoms with Gasteiger partial charge in [-0.15, -0.1) is 12.3 Å². The standard InChI is InChI=1S/C27H30N2O5/c1-4-11-23(24(30)28-17-27(5-2,6-3)25(31)32)29-26(33)34-16-22-20-14-9-7-12-18(20)19-13-8-10-15-21(19)22/h1,7-10,12-15,22-23H,5-6,11,16-17H2,2-3H3,(H,28,30)(H,29,33)(H,31,32). The van der Waals surface area contributed by atoms with Crippen molar-refractivity contribution in [2.75, 3.05) is 13.2 Å². The van der Waals surface area contributed by atoms with E-state index >= 15 is 0 Å². The Morgan fingerprint density at radius 2 is 1.62 bits per heavy atom. The van der Waals surface area contributed by atoms with E-state index in [1.54, 1.807) is 13.8 Å². The molecule has 2 amide bonds. The number of carbonyl (C=O) groups excluding carboxylic acids is 2. The molecule has 0 heterocycles. The van der Waals surface area contributed by atoms with E-state index in [1.807, 2.05) is 48.5 Å². The molecule has 7 heteroatoms. The molecule has 0 aromatic heterocycles. The van der Waals surface area contributed by atoms with Crippen LogP contribution >= 0.6 is 0 Å². The van der Waals surface area contributed by atoms with Gasteiger partial charge < -0.3 is 20.5 Å². The monoisotopic (exact) mass is 462 g/mol. The van der Waals surface area contributed by atoms with Crippen molar-refractivity contribution in [3.8, 4) is 23.5 Å². The number of hydrogen-bond acceptors (Lipinski definition) is 4. The number of aliphatic carboxylic acids is 1. The van der Waals surface area contributed by atoms with Crippen LogP contribution in [0.2, 0.25) is 0 Å². The van der Waals surface area contributed by atoms with Gasteiger partial charge in [0.05, 0.1) is 5.41 Å². The van der Waals surface area contributed by atoms with Crippen LogP contribution in [0.15, 0.2) is 48.5 Å². The summed E-state index contributed by atoms with van der Waals surface area (Å²) < 4.78 is 5.50. The van der Waals surface area contributed by atoms with Crippen LogP contribution in [0.3, 0.4) is 0 Å². The zero-order chi connectivity index (χ0) is 24.7. The van der Waals surface area contributed by atoms with E-state index in [-0.39, 0.29) is 25.5 Å². The average Bonchev–Trinajstić information content (AvgIpc) is 3.17. The number of terminal acetylenes is 1. The first-order chi connectivity index (χ1) is 16.4. The summed E-state index contributed by atoms with van der Waals surface area (Å²) in [5.74, 6) is 0.751. The third-order valence-electron chi connectivity index (χ3n) is 6.68. The predicted octanol–water partition coefficient (Wildman–Crippen LogP) is 3.92. The van der Waals surface area contributed by atoms with Gasteiger partial charge in [0.1, 0.15) is 12.6 Å². The molecule has 2 aromatic carbocycles. The molecule has 0 saturated heterocycles. The molecule has 0 radical (unpaired) electrons. The lowest BCUT2D eigenvalue weighted by Crippen LogP contribution is -2.50. The van der Waals surface area contributed by atoms with E-state index in [0.717, 1.165) is 22.3 Å². The SMILES string of the molecule is C#CCC(NC(=O)OCC1c2ccccc2-c2ccccc21)C(=O)NCC(CC)(CC)C(=O)O. The summed E-state index contributed by atoms with van der Waals surface area (Å²) in [6.45, 7) is 3.58. The van der Waals surface area contributed by atoms with Gasteiger partial charge in [-0.3, -0.25) is 9.59 Å². The highest BCUT2D eigenvalue weighted by Gasteiger charge is 2.36. The van der Waals surface area contributed by atoms with Gasteiger partial charge in [0.15, 0.2) is 0 Å². The Balaban J connectivity index is 1.63. The van der Waals surface area contributed by atoms with Crippen molar-refractivity contribution in [3.63, 3.8) is 0 Å². The highest BCUT2D eigenvalue weighted by Crippen LogP contribution is 2.44. The molecule has 0 bridgehead atoms. The molecular formula is C27H30N2O5. The number of carbonyl (C=O) groups is 3. The number of nitrogens with one attached hydrogen (secondary N) is 2. The highest BCUT2D eigenvalue weighted by molar-refractivity contribution is 5.87.